The molecule has 0 bridgehead atoms. The molecule has 0 spiro atoms. The number of halogens is 1. The van der Waals surface area contributed by atoms with Gasteiger partial charge in [0.05, 0.1) is 16.0 Å². The maximum absolute atomic E-state index is 12.6. The number of fused-ring (bicyclic) bond motifs is 1. The fraction of sp³-hybridized carbons (Fsp3) is 0.0909. The van der Waals surface area contributed by atoms with Crippen molar-refractivity contribution in [1.82, 2.24) is 14.1 Å². The SMILES string of the molecule is Cn1c(=O)c2cc(C(=O)Nc3ccc(Oc4ccccc4Cl)cc3)cnc2n(C)c1=O. The molecule has 0 aliphatic heterocycles. The highest BCUT2D eigenvalue weighted by Crippen LogP contribution is 2.29. The number of hydrogen-bond donors (Lipinski definition) is 1. The van der Waals surface area contributed by atoms with Crippen LogP contribution in [0.1, 0.15) is 10.4 Å². The molecule has 0 saturated carbocycles. The highest BCUT2D eigenvalue weighted by atomic mass is 35.5. The van der Waals surface area contributed by atoms with Crippen molar-refractivity contribution in [3.8, 4) is 11.5 Å². The molecule has 1 N–H and O–H groups in total. The Balaban J connectivity index is 1.55. The van der Waals surface area contributed by atoms with Crippen molar-refractivity contribution in [2.75, 3.05) is 5.32 Å². The number of para-hydroxylation sites is 1. The van der Waals surface area contributed by atoms with E-state index in [-0.39, 0.29) is 16.6 Å². The number of ether oxygens (including phenoxy) is 1. The summed E-state index contributed by atoms with van der Waals surface area (Å²) in [7, 11) is 2.90. The number of carbonyl (C=O) groups is 1. The summed E-state index contributed by atoms with van der Waals surface area (Å²) in [4.78, 5) is 41.2. The second-order valence-corrected chi connectivity index (χ2v) is 7.22. The molecule has 1 amide bonds. The molecule has 4 aromatic rings. The van der Waals surface area contributed by atoms with Gasteiger partial charge in [-0.1, -0.05) is 23.7 Å². The first kappa shape index (κ1) is 20.4. The third kappa shape index (κ3) is 3.93. The van der Waals surface area contributed by atoms with Gasteiger partial charge in [-0.15, -0.1) is 0 Å². The van der Waals surface area contributed by atoms with Crippen LogP contribution in [-0.2, 0) is 14.1 Å². The molecule has 4 rings (SSSR count). The summed E-state index contributed by atoms with van der Waals surface area (Å²) in [5.41, 5.74) is -0.0574. The number of rotatable bonds is 4. The lowest BCUT2D eigenvalue weighted by molar-refractivity contribution is 0.102. The van der Waals surface area contributed by atoms with E-state index in [2.05, 4.69) is 10.3 Å². The Bertz CT molecular complexity index is 1420. The zero-order chi connectivity index (χ0) is 22.1. The van der Waals surface area contributed by atoms with Crippen LogP contribution in [0.25, 0.3) is 11.0 Å². The van der Waals surface area contributed by atoms with Crippen LogP contribution in [-0.4, -0.2) is 20.0 Å². The Morgan fingerprint density at radius 1 is 1.03 bits per heavy atom. The molecule has 0 radical (unpaired) electrons. The summed E-state index contributed by atoms with van der Waals surface area (Å²) in [6, 6.07) is 15.3. The fourth-order valence-electron chi connectivity index (χ4n) is 3.05. The Morgan fingerprint density at radius 3 is 2.45 bits per heavy atom. The van der Waals surface area contributed by atoms with Crippen LogP contribution < -0.4 is 21.3 Å². The number of anilines is 1. The number of aromatic nitrogens is 3. The van der Waals surface area contributed by atoms with Crippen LogP contribution in [0, 0.1) is 0 Å². The quantitative estimate of drug-likeness (QED) is 0.529. The molecule has 0 aliphatic carbocycles. The molecule has 156 valence electrons. The molecule has 8 nitrogen and oxygen atoms in total. The molecule has 2 heterocycles. The van der Waals surface area contributed by atoms with Crippen LogP contribution in [0.4, 0.5) is 5.69 Å². The van der Waals surface area contributed by atoms with Gasteiger partial charge >= 0.3 is 5.69 Å². The molecular weight excluding hydrogens is 420 g/mol. The number of hydrogen-bond acceptors (Lipinski definition) is 5. The molecule has 2 aromatic carbocycles. The molecule has 9 heteroatoms. The zero-order valence-corrected chi connectivity index (χ0v) is 17.4. The van der Waals surface area contributed by atoms with Crippen molar-refractivity contribution < 1.29 is 9.53 Å². The van der Waals surface area contributed by atoms with Crippen LogP contribution >= 0.6 is 11.6 Å². The Morgan fingerprint density at radius 2 is 1.74 bits per heavy atom. The van der Waals surface area contributed by atoms with Crippen LogP contribution in [0.2, 0.25) is 5.02 Å². The van der Waals surface area contributed by atoms with Gasteiger partial charge in [-0.2, -0.15) is 0 Å². The maximum atomic E-state index is 12.6. The minimum atomic E-state index is -0.513. The summed E-state index contributed by atoms with van der Waals surface area (Å²) in [5.74, 6) is 0.645. The van der Waals surface area contributed by atoms with Gasteiger partial charge in [-0.25, -0.2) is 9.78 Å². The van der Waals surface area contributed by atoms with E-state index in [9.17, 15) is 14.4 Å². The third-order valence-corrected chi connectivity index (χ3v) is 5.04. The fourth-order valence-corrected chi connectivity index (χ4v) is 3.23. The number of nitrogens with one attached hydrogen (secondary N) is 1. The van der Waals surface area contributed by atoms with Crippen molar-refractivity contribution in [3.05, 3.63) is 92.2 Å². The van der Waals surface area contributed by atoms with Gasteiger partial charge < -0.3 is 10.1 Å². The van der Waals surface area contributed by atoms with Gasteiger partial charge in [-0.3, -0.25) is 18.7 Å². The van der Waals surface area contributed by atoms with E-state index in [1.54, 1.807) is 36.4 Å². The first-order chi connectivity index (χ1) is 14.8. The normalized spacial score (nSPS) is 10.8. The monoisotopic (exact) mass is 436 g/mol. The molecule has 31 heavy (non-hydrogen) atoms. The average molecular weight is 437 g/mol. The lowest BCUT2D eigenvalue weighted by Crippen LogP contribution is -2.37. The van der Waals surface area contributed by atoms with Crippen LogP contribution in [0.15, 0.2) is 70.4 Å². The summed E-state index contributed by atoms with van der Waals surface area (Å²) in [6.07, 6.45) is 1.32. The highest BCUT2D eigenvalue weighted by Gasteiger charge is 2.14. The predicted molar refractivity (Wildman–Crippen MR) is 118 cm³/mol. The minimum absolute atomic E-state index is 0.181. The van der Waals surface area contributed by atoms with Gasteiger partial charge in [0.15, 0.2) is 0 Å². The van der Waals surface area contributed by atoms with Gasteiger partial charge in [-0.05, 0) is 42.5 Å². The smallest absolute Gasteiger partial charge is 0.332 e. The van der Waals surface area contributed by atoms with Crippen LogP contribution in [0.5, 0.6) is 11.5 Å². The van der Waals surface area contributed by atoms with E-state index >= 15 is 0 Å². The Kier molecular flexibility index (Phi) is 5.31. The number of benzene rings is 2. The molecule has 0 saturated heterocycles. The lowest BCUT2D eigenvalue weighted by atomic mass is 10.2. The van der Waals surface area contributed by atoms with Gasteiger partial charge in [0.25, 0.3) is 11.5 Å². The molecular formula is C22H17ClN4O4. The Hall–Kier alpha value is -3.91. The molecule has 0 aliphatic rings. The van der Waals surface area contributed by atoms with E-state index in [1.807, 2.05) is 12.1 Å². The number of amides is 1. The summed E-state index contributed by atoms with van der Waals surface area (Å²) in [6.45, 7) is 0. The van der Waals surface area contributed by atoms with E-state index < -0.39 is 17.2 Å². The number of carbonyl (C=O) groups excluding carboxylic acids is 1. The van der Waals surface area contributed by atoms with Crippen molar-refractivity contribution in [1.29, 1.82) is 0 Å². The van der Waals surface area contributed by atoms with Crippen molar-refractivity contribution in [3.63, 3.8) is 0 Å². The largest absolute Gasteiger partial charge is 0.456 e. The average Bonchev–Trinajstić information content (AvgIpc) is 2.78. The Labute approximate surface area is 181 Å². The number of aryl methyl sites for hydroxylation is 1. The topological polar surface area (TPSA) is 95.2 Å². The van der Waals surface area contributed by atoms with Crippen LogP contribution in [0.3, 0.4) is 0 Å². The second-order valence-electron chi connectivity index (χ2n) is 6.81. The minimum Gasteiger partial charge on any atom is -0.456 e. The number of nitrogens with zero attached hydrogens (tertiary/aromatic N) is 3. The van der Waals surface area contributed by atoms with E-state index in [4.69, 9.17) is 16.3 Å². The van der Waals surface area contributed by atoms with Crippen molar-refractivity contribution in [2.45, 2.75) is 0 Å². The predicted octanol–water partition coefficient (Wildman–Crippen LogP) is 3.33. The zero-order valence-electron chi connectivity index (χ0n) is 16.6. The molecule has 0 unspecified atom stereocenters. The first-order valence-corrected chi connectivity index (χ1v) is 9.62. The maximum Gasteiger partial charge on any atom is 0.332 e. The van der Waals surface area contributed by atoms with Gasteiger partial charge in [0, 0.05) is 26.0 Å². The van der Waals surface area contributed by atoms with Gasteiger partial charge in [0.2, 0.25) is 0 Å². The first-order valence-electron chi connectivity index (χ1n) is 9.25. The van der Waals surface area contributed by atoms with E-state index in [0.717, 1.165) is 4.57 Å². The van der Waals surface area contributed by atoms with E-state index in [0.29, 0.717) is 22.2 Å². The number of pyridine rings is 1. The molecule has 0 atom stereocenters. The second kappa shape index (κ2) is 8.08. The molecule has 2 aromatic heterocycles. The third-order valence-electron chi connectivity index (χ3n) is 4.73. The van der Waals surface area contributed by atoms with Crippen molar-refractivity contribution >= 4 is 34.2 Å². The molecule has 0 fully saturated rings. The van der Waals surface area contributed by atoms with Crippen molar-refractivity contribution in [2.24, 2.45) is 14.1 Å². The summed E-state index contributed by atoms with van der Waals surface area (Å²) >= 11 is 6.09. The summed E-state index contributed by atoms with van der Waals surface area (Å²) < 4.78 is 7.96. The standard InChI is InChI=1S/C22H17ClN4O4/c1-26-19-16(21(29)27(2)22(26)30)11-13(12-24-19)20(28)25-14-7-9-15(10-8-14)31-18-6-4-3-5-17(18)23/h3-12H,1-2H3,(H,25,28). The highest BCUT2D eigenvalue weighted by molar-refractivity contribution is 6.32. The van der Waals surface area contributed by atoms with E-state index in [1.165, 1.54) is 30.9 Å². The summed E-state index contributed by atoms with van der Waals surface area (Å²) in [5, 5.41) is 3.42. The lowest BCUT2D eigenvalue weighted by Gasteiger charge is -2.10. The van der Waals surface area contributed by atoms with Gasteiger partial charge in [0.1, 0.15) is 17.1 Å².